The van der Waals surface area contributed by atoms with Crippen LogP contribution in [0.5, 0.6) is 5.75 Å². The maximum absolute atomic E-state index is 10.0. The summed E-state index contributed by atoms with van der Waals surface area (Å²) in [7, 11) is 1.62. The number of hydrogen-bond donors (Lipinski definition) is 1. The minimum Gasteiger partial charge on any atom is -0.496 e. The number of allylic oxidation sites excluding steroid dienone is 1. The largest absolute Gasteiger partial charge is 0.496 e. The van der Waals surface area contributed by atoms with Crippen LogP contribution < -0.4 is 4.74 Å². The average Bonchev–Trinajstić information content (AvgIpc) is 2.94. The first-order valence-electron chi connectivity index (χ1n) is 4.73. The summed E-state index contributed by atoms with van der Waals surface area (Å²) in [5.41, 5.74) is 3.29. The third kappa shape index (κ3) is 1.53. The van der Waals surface area contributed by atoms with Gasteiger partial charge >= 0.3 is 0 Å². The average molecular weight is 190 g/mol. The van der Waals surface area contributed by atoms with E-state index in [4.69, 9.17) is 4.74 Å². The monoisotopic (exact) mass is 190 g/mol. The quantitative estimate of drug-likeness (QED) is 0.742. The van der Waals surface area contributed by atoms with Gasteiger partial charge < -0.3 is 9.84 Å². The summed E-state index contributed by atoms with van der Waals surface area (Å²) in [6.07, 6.45) is 0.477. The Balaban J connectivity index is 2.31. The van der Waals surface area contributed by atoms with E-state index in [1.807, 2.05) is 31.2 Å². The van der Waals surface area contributed by atoms with Gasteiger partial charge in [-0.1, -0.05) is 23.8 Å². The van der Waals surface area contributed by atoms with E-state index in [-0.39, 0.29) is 0 Å². The van der Waals surface area contributed by atoms with E-state index in [2.05, 4.69) is 0 Å². The van der Waals surface area contributed by atoms with Gasteiger partial charge in [-0.25, -0.2) is 0 Å². The molecule has 0 aliphatic heterocycles. The minimum absolute atomic E-state index is 0.480. The van der Waals surface area contributed by atoms with Crippen molar-refractivity contribution >= 4 is 0 Å². The number of para-hydroxylation sites is 1. The Labute approximate surface area is 83.8 Å². The zero-order chi connectivity index (χ0) is 10.1. The number of rotatable bonds is 3. The zero-order valence-electron chi connectivity index (χ0n) is 8.45. The predicted octanol–water partition coefficient (Wildman–Crippen LogP) is 2.45. The highest BCUT2D eigenvalue weighted by molar-refractivity contribution is 5.46. The lowest BCUT2D eigenvalue weighted by Crippen LogP contribution is -1.98. The number of methoxy groups -OCH3 is 1. The number of aliphatic hydroxyl groups excluding tert-OH is 1. The van der Waals surface area contributed by atoms with E-state index >= 15 is 0 Å². The zero-order valence-corrected chi connectivity index (χ0v) is 8.45. The van der Waals surface area contributed by atoms with Crippen molar-refractivity contribution in [2.45, 2.75) is 19.4 Å². The standard InChI is InChI=1S/C12H14O2/c1-8-7-10(8)12(13)9-5-3-4-6-11(9)14-2/h3-6,12-13H,7H2,1-2H3. The lowest BCUT2D eigenvalue weighted by atomic mass is 10.1. The Hall–Kier alpha value is -1.28. The molecule has 14 heavy (non-hydrogen) atoms. The van der Waals surface area contributed by atoms with Crippen molar-refractivity contribution in [2.75, 3.05) is 7.11 Å². The molecule has 74 valence electrons. The molecule has 1 aromatic carbocycles. The molecule has 0 amide bonds. The molecule has 0 bridgehead atoms. The van der Waals surface area contributed by atoms with Crippen molar-refractivity contribution in [1.29, 1.82) is 0 Å². The van der Waals surface area contributed by atoms with Gasteiger partial charge in [0.25, 0.3) is 0 Å². The van der Waals surface area contributed by atoms with Crippen LogP contribution in [0.15, 0.2) is 35.4 Å². The summed E-state index contributed by atoms with van der Waals surface area (Å²) in [4.78, 5) is 0. The lowest BCUT2D eigenvalue weighted by Gasteiger charge is -2.11. The fraction of sp³-hybridized carbons (Fsp3) is 0.333. The van der Waals surface area contributed by atoms with Crippen molar-refractivity contribution in [3.8, 4) is 5.75 Å². The highest BCUT2D eigenvalue weighted by atomic mass is 16.5. The summed E-state index contributed by atoms with van der Waals surface area (Å²) >= 11 is 0. The lowest BCUT2D eigenvalue weighted by molar-refractivity contribution is 0.214. The maximum atomic E-state index is 10.0. The van der Waals surface area contributed by atoms with Gasteiger partial charge in [-0.05, 0) is 25.0 Å². The third-order valence-electron chi connectivity index (χ3n) is 2.64. The van der Waals surface area contributed by atoms with Gasteiger partial charge in [0.1, 0.15) is 11.9 Å². The Morgan fingerprint density at radius 3 is 2.57 bits per heavy atom. The second-order valence-corrected chi connectivity index (χ2v) is 3.63. The SMILES string of the molecule is COc1ccccc1C(O)C1=C(C)C1. The van der Waals surface area contributed by atoms with Crippen molar-refractivity contribution < 1.29 is 9.84 Å². The number of benzene rings is 1. The van der Waals surface area contributed by atoms with E-state index in [0.717, 1.165) is 23.3 Å². The molecular formula is C12H14O2. The fourth-order valence-electron chi connectivity index (χ4n) is 1.65. The molecule has 0 fully saturated rings. The van der Waals surface area contributed by atoms with Gasteiger partial charge in [0.15, 0.2) is 0 Å². The van der Waals surface area contributed by atoms with Crippen LogP contribution in [0.25, 0.3) is 0 Å². The molecule has 1 aromatic rings. The van der Waals surface area contributed by atoms with E-state index in [9.17, 15) is 5.11 Å². The van der Waals surface area contributed by atoms with Crippen LogP contribution in [0.1, 0.15) is 25.0 Å². The third-order valence-corrected chi connectivity index (χ3v) is 2.64. The topological polar surface area (TPSA) is 29.5 Å². The molecule has 0 aromatic heterocycles. The van der Waals surface area contributed by atoms with Crippen LogP contribution >= 0.6 is 0 Å². The minimum atomic E-state index is -0.480. The maximum Gasteiger partial charge on any atom is 0.124 e. The smallest absolute Gasteiger partial charge is 0.124 e. The van der Waals surface area contributed by atoms with Crippen molar-refractivity contribution in [1.82, 2.24) is 0 Å². The molecule has 0 radical (unpaired) electrons. The summed E-state index contributed by atoms with van der Waals surface area (Å²) in [5.74, 6) is 0.757. The van der Waals surface area contributed by atoms with Crippen molar-refractivity contribution in [3.63, 3.8) is 0 Å². The molecule has 2 rings (SSSR count). The van der Waals surface area contributed by atoms with E-state index < -0.39 is 6.10 Å². The molecule has 2 nitrogen and oxygen atoms in total. The first-order valence-corrected chi connectivity index (χ1v) is 4.73. The normalized spacial score (nSPS) is 16.8. The van der Waals surface area contributed by atoms with Crippen LogP contribution in [0.2, 0.25) is 0 Å². The van der Waals surface area contributed by atoms with Crippen LogP contribution in [-0.2, 0) is 0 Å². The van der Waals surface area contributed by atoms with Crippen LogP contribution in [0.4, 0.5) is 0 Å². The number of hydrogen-bond acceptors (Lipinski definition) is 2. The van der Waals surface area contributed by atoms with E-state index in [0.29, 0.717) is 0 Å². The Kier molecular flexibility index (Phi) is 2.30. The van der Waals surface area contributed by atoms with Gasteiger partial charge in [-0.2, -0.15) is 0 Å². The Morgan fingerprint density at radius 1 is 1.36 bits per heavy atom. The number of aliphatic hydroxyl groups is 1. The summed E-state index contributed by atoms with van der Waals surface area (Å²) < 4.78 is 5.20. The number of ether oxygens (including phenoxy) is 1. The van der Waals surface area contributed by atoms with Crippen LogP contribution in [0.3, 0.4) is 0 Å². The molecule has 2 heteroatoms. The highest BCUT2D eigenvalue weighted by Crippen LogP contribution is 2.42. The summed E-state index contributed by atoms with van der Waals surface area (Å²) in [6, 6.07) is 7.60. The predicted molar refractivity (Wildman–Crippen MR) is 55.3 cm³/mol. The molecule has 0 saturated heterocycles. The summed E-state index contributed by atoms with van der Waals surface area (Å²) in [5, 5.41) is 10.0. The molecular weight excluding hydrogens is 176 g/mol. The van der Waals surface area contributed by atoms with Gasteiger partial charge in [0.05, 0.1) is 7.11 Å². The second-order valence-electron chi connectivity index (χ2n) is 3.63. The molecule has 1 atom stereocenters. The molecule has 1 aliphatic rings. The van der Waals surface area contributed by atoms with Crippen molar-refractivity contribution in [3.05, 3.63) is 41.0 Å². The molecule has 1 unspecified atom stereocenters. The van der Waals surface area contributed by atoms with Gasteiger partial charge in [-0.15, -0.1) is 0 Å². The first kappa shape index (κ1) is 9.28. The highest BCUT2D eigenvalue weighted by Gasteiger charge is 2.27. The molecule has 1 aliphatic carbocycles. The summed E-state index contributed by atoms with van der Waals surface area (Å²) in [6.45, 7) is 2.05. The Bertz CT molecular complexity index is 380. The molecule has 1 N–H and O–H groups in total. The van der Waals surface area contributed by atoms with Gasteiger partial charge in [-0.3, -0.25) is 0 Å². The van der Waals surface area contributed by atoms with E-state index in [1.54, 1.807) is 7.11 Å². The first-order chi connectivity index (χ1) is 6.74. The van der Waals surface area contributed by atoms with Crippen molar-refractivity contribution in [2.24, 2.45) is 0 Å². The van der Waals surface area contributed by atoms with E-state index in [1.165, 1.54) is 5.57 Å². The van der Waals surface area contributed by atoms with Crippen LogP contribution in [-0.4, -0.2) is 12.2 Å². The van der Waals surface area contributed by atoms with Gasteiger partial charge in [0.2, 0.25) is 0 Å². The molecule has 0 spiro atoms. The van der Waals surface area contributed by atoms with Crippen LogP contribution in [0, 0.1) is 0 Å². The second kappa shape index (κ2) is 3.46. The van der Waals surface area contributed by atoms with Gasteiger partial charge in [0, 0.05) is 5.56 Å². The Morgan fingerprint density at radius 2 is 2.00 bits per heavy atom. The molecule has 0 heterocycles. The fourth-order valence-corrected chi connectivity index (χ4v) is 1.65. The molecule has 0 saturated carbocycles.